The highest BCUT2D eigenvalue weighted by Gasteiger charge is 2.33. The van der Waals surface area contributed by atoms with E-state index in [1.807, 2.05) is 13.8 Å². The van der Waals surface area contributed by atoms with Crippen LogP contribution in [0.25, 0.3) is 0 Å². The van der Waals surface area contributed by atoms with Crippen LogP contribution in [0.5, 0.6) is 5.75 Å². The fourth-order valence-corrected chi connectivity index (χ4v) is 3.99. The fraction of sp³-hybridized carbons (Fsp3) is 0.350. The lowest BCUT2D eigenvalue weighted by molar-refractivity contribution is -0.117. The normalized spacial score (nSPS) is 12.5. The Balaban J connectivity index is 2.28. The van der Waals surface area contributed by atoms with Crippen molar-refractivity contribution in [3.05, 3.63) is 54.3 Å². The number of ether oxygens (including phenoxy) is 1. The van der Waals surface area contributed by atoms with E-state index in [2.05, 4.69) is 5.32 Å². The lowest BCUT2D eigenvalue weighted by Gasteiger charge is -2.30. The number of hydrogen-bond donors (Lipinski definition) is 1. The summed E-state index contributed by atoms with van der Waals surface area (Å²) in [4.78, 5) is 12.8. The van der Waals surface area contributed by atoms with E-state index >= 15 is 0 Å². The molecule has 0 saturated heterocycles. The van der Waals surface area contributed by atoms with Crippen molar-refractivity contribution in [3.8, 4) is 5.75 Å². The molecular formula is C20H25FN2O4S. The third-order valence-corrected chi connectivity index (χ3v) is 5.08. The highest BCUT2D eigenvalue weighted by molar-refractivity contribution is 7.92. The summed E-state index contributed by atoms with van der Waals surface area (Å²) in [5.74, 6) is -0.604. The van der Waals surface area contributed by atoms with Gasteiger partial charge in [-0.2, -0.15) is 0 Å². The highest BCUT2D eigenvalue weighted by atomic mass is 32.2. The van der Waals surface area contributed by atoms with Gasteiger partial charge in [0.15, 0.2) is 0 Å². The third-order valence-electron chi connectivity index (χ3n) is 3.91. The van der Waals surface area contributed by atoms with Gasteiger partial charge in [-0.25, -0.2) is 12.8 Å². The molecule has 0 bridgehead atoms. The van der Waals surface area contributed by atoms with Crippen molar-refractivity contribution in [1.29, 1.82) is 0 Å². The Labute approximate surface area is 165 Å². The molecule has 152 valence electrons. The van der Waals surface area contributed by atoms with Crippen molar-refractivity contribution in [3.63, 3.8) is 0 Å². The molecule has 0 saturated carbocycles. The molecule has 1 atom stereocenters. The number of anilines is 2. The molecule has 0 unspecified atom stereocenters. The Kier molecular flexibility index (Phi) is 7.01. The minimum atomic E-state index is -3.90. The van der Waals surface area contributed by atoms with Crippen molar-refractivity contribution in [2.24, 2.45) is 0 Å². The quantitative estimate of drug-likeness (QED) is 0.721. The Morgan fingerprint density at radius 1 is 1.14 bits per heavy atom. The monoisotopic (exact) mass is 408 g/mol. The van der Waals surface area contributed by atoms with Gasteiger partial charge in [0.1, 0.15) is 17.6 Å². The van der Waals surface area contributed by atoms with Crippen molar-refractivity contribution in [2.45, 2.75) is 39.3 Å². The zero-order valence-corrected chi connectivity index (χ0v) is 17.2. The van der Waals surface area contributed by atoms with Crippen LogP contribution in [0.15, 0.2) is 48.5 Å². The number of amides is 1. The van der Waals surface area contributed by atoms with Crippen LogP contribution in [0.4, 0.5) is 15.8 Å². The number of carbonyl (C=O) groups is 1. The molecule has 0 heterocycles. The number of nitrogens with one attached hydrogen (secondary N) is 1. The molecule has 1 N–H and O–H groups in total. The van der Waals surface area contributed by atoms with Gasteiger partial charge in [0.05, 0.1) is 18.0 Å². The predicted molar refractivity (Wildman–Crippen MR) is 109 cm³/mol. The molecule has 0 spiro atoms. The lowest BCUT2D eigenvalue weighted by Crippen LogP contribution is -2.47. The zero-order chi connectivity index (χ0) is 20.9. The van der Waals surface area contributed by atoms with Crippen LogP contribution in [0, 0.1) is 5.82 Å². The van der Waals surface area contributed by atoms with E-state index < -0.39 is 27.8 Å². The van der Waals surface area contributed by atoms with Crippen LogP contribution >= 0.6 is 0 Å². The summed E-state index contributed by atoms with van der Waals surface area (Å²) in [7, 11) is -3.90. The predicted octanol–water partition coefficient (Wildman–Crippen LogP) is 3.80. The average molecular weight is 408 g/mol. The second-order valence-electron chi connectivity index (χ2n) is 6.61. The minimum absolute atomic E-state index is 0.0222. The molecule has 0 aliphatic carbocycles. The van der Waals surface area contributed by atoms with E-state index in [1.165, 1.54) is 18.2 Å². The van der Waals surface area contributed by atoms with Gasteiger partial charge in [0.2, 0.25) is 15.9 Å². The Morgan fingerprint density at radius 3 is 2.25 bits per heavy atom. The SMILES string of the molecule is CC[C@H](C(=O)Nc1ccc(OC(C)C)cc1)N(c1ccccc1F)S(C)(=O)=O. The summed E-state index contributed by atoms with van der Waals surface area (Å²) in [6.45, 7) is 5.48. The molecular weight excluding hydrogens is 383 g/mol. The lowest BCUT2D eigenvalue weighted by atomic mass is 10.1. The Morgan fingerprint density at radius 2 is 1.75 bits per heavy atom. The molecule has 2 aromatic rings. The number of nitrogens with zero attached hydrogens (tertiary/aromatic N) is 1. The number of halogens is 1. The number of para-hydroxylation sites is 1. The van der Waals surface area contributed by atoms with Gasteiger partial charge in [0, 0.05) is 5.69 Å². The molecule has 2 aromatic carbocycles. The minimum Gasteiger partial charge on any atom is -0.491 e. The fourth-order valence-electron chi connectivity index (χ4n) is 2.78. The van der Waals surface area contributed by atoms with Gasteiger partial charge in [-0.3, -0.25) is 9.10 Å². The van der Waals surface area contributed by atoms with Gasteiger partial charge >= 0.3 is 0 Å². The molecule has 0 aliphatic heterocycles. The molecule has 8 heteroatoms. The average Bonchev–Trinajstić information content (AvgIpc) is 2.60. The number of hydrogen-bond acceptors (Lipinski definition) is 4. The van der Waals surface area contributed by atoms with Crippen molar-refractivity contribution in [2.75, 3.05) is 15.9 Å². The number of sulfonamides is 1. The van der Waals surface area contributed by atoms with E-state index in [4.69, 9.17) is 4.74 Å². The first-order valence-corrected chi connectivity index (χ1v) is 10.8. The van der Waals surface area contributed by atoms with E-state index in [1.54, 1.807) is 31.2 Å². The topological polar surface area (TPSA) is 75.7 Å². The van der Waals surface area contributed by atoms with E-state index in [0.717, 1.165) is 16.6 Å². The van der Waals surface area contributed by atoms with Crippen molar-refractivity contribution >= 4 is 27.3 Å². The van der Waals surface area contributed by atoms with Crippen molar-refractivity contribution < 1.29 is 22.3 Å². The highest BCUT2D eigenvalue weighted by Crippen LogP contribution is 2.26. The van der Waals surface area contributed by atoms with Crippen LogP contribution in [-0.4, -0.2) is 32.7 Å². The second-order valence-corrected chi connectivity index (χ2v) is 8.47. The molecule has 0 radical (unpaired) electrons. The Bertz CT molecular complexity index is 914. The summed E-state index contributed by atoms with van der Waals surface area (Å²) < 4.78 is 45.3. The maximum atomic E-state index is 14.3. The first-order valence-electron chi connectivity index (χ1n) is 8.95. The summed E-state index contributed by atoms with van der Waals surface area (Å²) in [5.41, 5.74) is 0.328. The maximum Gasteiger partial charge on any atom is 0.248 e. The zero-order valence-electron chi connectivity index (χ0n) is 16.3. The molecule has 1 amide bonds. The van der Waals surface area contributed by atoms with Gasteiger partial charge in [0.25, 0.3) is 0 Å². The first kappa shape index (κ1) is 21.7. The smallest absolute Gasteiger partial charge is 0.248 e. The first-order chi connectivity index (χ1) is 13.1. The van der Waals surface area contributed by atoms with E-state index in [-0.39, 0.29) is 18.2 Å². The van der Waals surface area contributed by atoms with Crippen LogP contribution in [0.2, 0.25) is 0 Å². The second kappa shape index (κ2) is 9.05. The summed E-state index contributed by atoms with van der Waals surface area (Å²) in [6.07, 6.45) is 1.14. The summed E-state index contributed by atoms with van der Waals surface area (Å²) in [5, 5.41) is 2.69. The largest absolute Gasteiger partial charge is 0.491 e. The maximum absolute atomic E-state index is 14.3. The summed E-state index contributed by atoms with van der Waals surface area (Å²) >= 11 is 0. The number of benzene rings is 2. The van der Waals surface area contributed by atoms with Crippen molar-refractivity contribution in [1.82, 2.24) is 0 Å². The van der Waals surface area contributed by atoms with Gasteiger partial charge in [-0.05, 0) is 56.7 Å². The third kappa shape index (κ3) is 5.45. The molecule has 0 aliphatic rings. The number of rotatable bonds is 8. The van der Waals surface area contributed by atoms with Crippen LogP contribution < -0.4 is 14.4 Å². The van der Waals surface area contributed by atoms with Gasteiger partial charge in [-0.15, -0.1) is 0 Å². The molecule has 2 rings (SSSR count). The molecule has 28 heavy (non-hydrogen) atoms. The summed E-state index contributed by atoms with van der Waals surface area (Å²) in [6, 6.07) is 11.1. The number of carbonyl (C=O) groups excluding carboxylic acids is 1. The van der Waals surface area contributed by atoms with Crippen LogP contribution in [0.1, 0.15) is 27.2 Å². The van der Waals surface area contributed by atoms with Crippen LogP contribution in [-0.2, 0) is 14.8 Å². The van der Waals surface area contributed by atoms with Gasteiger partial charge in [-0.1, -0.05) is 19.1 Å². The van der Waals surface area contributed by atoms with Gasteiger partial charge < -0.3 is 10.1 Å². The standard InChI is InChI=1S/C20H25FN2O4S/c1-5-18(23(28(4,25)26)19-9-7-6-8-17(19)21)20(24)22-15-10-12-16(13-11-15)27-14(2)3/h6-14,18H,5H2,1-4H3,(H,22,24)/t18-/m1/s1. The van der Waals surface area contributed by atoms with Crippen LogP contribution in [0.3, 0.4) is 0 Å². The molecule has 0 fully saturated rings. The van der Waals surface area contributed by atoms with E-state index in [9.17, 15) is 17.6 Å². The molecule has 0 aromatic heterocycles. The Hall–Kier alpha value is -2.61. The van der Waals surface area contributed by atoms with E-state index in [0.29, 0.717) is 11.4 Å². The molecule has 6 nitrogen and oxygen atoms in total.